The van der Waals surface area contributed by atoms with E-state index in [2.05, 4.69) is 52.4 Å². The predicted molar refractivity (Wildman–Crippen MR) is 128 cm³/mol. The third kappa shape index (κ3) is 6.17. The number of aromatic amines is 1. The lowest BCUT2D eigenvalue weighted by atomic mass is 9.82. The first kappa shape index (κ1) is 23.4. The van der Waals surface area contributed by atoms with Crippen LogP contribution in [-0.2, 0) is 9.47 Å². The van der Waals surface area contributed by atoms with Crippen LogP contribution in [0, 0.1) is 11.8 Å². The van der Waals surface area contributed by atoms with Crippen molar-refractivity contribution in [2.24, 2.45) is 0 Å². The monoisotopic (exact) mass is 449 g/mol. The summed E-state index contributed by atoms with van der Waals surface area (Å²) in [7, 11) is 0. The average molecular weight is 450 g/mol. The first-order chi connectivity index (χ1) is 16.3. The number of carbonyl (C=O) groups is 1. The molecule has 176 valence electrons. The van der Waals surface area contributed by atoms with Crippen LogP contribution < -0.4 is 0 Å². The fraction of sp³-hybridized carbons (Fsp3) is 0.556. The Morgan fingerprint density at radius 2 is 1.97 bits per heavy atom. The van der Waals surface area contributed by atoms with Gasteiger partial charge in [-0.05, 0) is 63.0 Å². The highest BCUT2D eigenvalue weighted by molar-refractivity contribution is 5.68. The quantitative estimate of drug-likeness (QED) is 0.463. The van der Waals surface area contributed by atoms with Gasteiger partial charge in [0.25, 0.3) is 0 Å². The second-order valence-corrected chi connectivity index (χ2v) is 9.03. The Kier molecular flexibility index (Phi) is 8.43. The van der Waals surface area contributed by atoms with Crippen LogP contribution in [0.5, 0.6) is 0 Å². The predicted octanol–water partition coefficient (Wildman–Crippen LogP) is 5.25. The molecule has 0 spiro atoms. The number of benzene rings is 1. The van der Waals surface area contributed by atoms with Crippen LogP contribution in [0.1, 0.15) is 75.0 Å². The Morgan fingerprint density at radius 3 is 2.70 bits per heavy atom. The topological polar surface area (TPSA) is 67.5 Å². The molecule has 1 aromatic carbocycles. The third-order valence-corrected chi connectivity index (χ3v) is 7.01. The molecule has 1 aliphatic carbocycles. The fourth-order valence-electron chi connectivity index (χ4n) is 5.25. The van der Waals surface area contributed by atoms with Crippen molar-refractivity contribution < 1.29 is 14.3 Å². The van der Waals surface area contributed by atoms with Gasteiger partial charge in [0.05, 0.1) is 18.8 Å². The van der Waals surface area contributed by atoms with Crippen molar-refractivity contribution in [3.05, 3.63) is 53.9 Å². The standard InChI is InChI=1S/C27H35N3O3/c1-2-3-7-19-32-27(31)30-18-8-11-24(25-16-17-28-29-25)26(30)20-33-23-14-12-22(13-15-23)21-9-5-4-6-10-21/h4-6,9-10,16-17,22-24,26H,7-8,11-15,18-20H2,1H3,(H,28,29)/t22?,23?,24-,26+/m1/s1. The summed E-state index contributed by atoms with van der Waals surface area (Å²) in [5, 5.41) is 7.26. The highest BCUT2D eigenvalue weighted by atomic mass is 16.6. The van der Waals surface area contributed by atoms with Crippen LogP contribution in [0.2, 0.25) is 0 Å². The summed E-state index contributed by atoms with van der Waals surface area (Å²) in [6.45, 7) is 3.33. The van der Waals surface area contributed by atoms with Crippen LogP contribution in [0.3, 0.4) is 0 Å². The Balaban J connectivity index is 1.36. The lowest BCUT2D eigenvalue weighted by Gasteiger charge is -2.41. The van der Waals surface area contributed by atoms with Gasteiger partial charge in [-0.3, -0.25) is 5.10 Å². The molecular formula is C27H35N3O3. The Hall–Kier alpha value is -2.78. The van der Waals surface area contributed by atoms with E-state index in [9.17, 15) is 4.79 Å². The molecule has 1 N–H and O–H groups in total. The number of ether oxygens (including phenoxy) is 2. The Bertz CT molecular complexity index is 911. The summed E-state index contributed by atoms with van der Waals surface area (Å²) in [6.07, 6.45) is 8.66. The van der Waals surface area contributed by atoms with E-state index < -0.39 is 0 Å². The number of aromatic nitrogens is 2. The number of carbonyl (C=O) groups excluding carboxylic acids is 1. The highest BCUT2D eigenvalue weighted by Gasteiger charge is 2.37. The van der Waals surface area contributed by atoms with Gasteiger partial charge in [0.1, 0.15) is 6.61 Å². The van der Waals surface area contributed by atoms with E-state index in [0.29, 0.717) is 32.1 Å². The van der Waals surface area contributed by atoms with Crippen molar-refractivity contribution in [1.82, 2.24) is 15.1 Å². The first-order valence-corrected chi connectivity index (χ1v) is 12.2. The fourth-order valence-corrected chi connectivity index (χ4v) is 5.25. The number of nitrogens with one attached hydrogen (secondary N) is 1. The largest absolute Gasteiger partial charge is 0.448 e. The van der Waals surface area contributed by atoms with Crippen LogP contribution in [0.4, 0.5) is 4.79 Å². The maximum absolute atomic E-state index is 12.9. The number of piperidine rings is 1. The molecular weight excluding hydrogens is 414 g/mol. The molecule has 6 heteroatoms. The van der Waals surface area contributed by atoms with Gasteiger partial charge in [-0.1, -0.05) is 30.3 Å². The van der Waals surface area contributed by atoms with Gasteiger partial charge < -0.3 is 14.4 Å². The SMILES string of the molecule is CC#CCCOC(=O)N1CCC[C@H](c2ccn[nH]2)[C@@H]1COC1CCC(c2ccccc2)CC1. The van der Waals surface area contributed by atoms with Crippen LogP contribution in [-0.4, -0.2) is 53.1 Å². The summed E-state index contributed by atoms with van der Waals surface area (Å²) >= 11 is 0. The van der Waals surface area contributed by atoms with E-state index >= 15 is 0 Å². The van der Waals surface area contributed by atoms with Gasteiger partial charge in [0, 0.05) is 30.8 Å². The number of amides is 1. The molecule has 0 unspecified atom stereocenters. The van der Waals surface area contributed by atoms with Crippen molar-refractivity contribution in [2.75, 3.05) is 19.8 Å². The molecule has 0 radical (unpaired) electrons. The zero-order valence-electron chi connectivity index (χ0n) is 19.5. The van der Waals surface area contributed by atoms with Gasteiger partial charge in [-0.15, -0.1) is 11.8 Å². The lowest BCUT2D eigenvalue weighted by Crippen LogP contribution is -2.50. The number of H-pyrrole nitrogens is 1. The van der Waals surface area contributed by atoms with Gasteiger partial charge in [0.2, 0.25) is 0 Å². The van der Waals surface area contributed by atoms with E-state index in [-0.39, 0.29) is 24.2 Å². The van der Waals surface area contributed by atoms with Gasteiger partial charge in [-0.25, -0.2) is 4.79 Å². The minimum absolute atomic E-state index is 0.0594. The molecule has 1 aliphatic heterocycles. The lowest BCUT2D eigenvalue weighted by molar-refractivity contribution is -0.0260. The number of hydrogen-bond donors (Lipinski definition) is 1. The van der Waals surface area contributed by atoms with E-state index in [1.165, 1.54) is 5.56 Å². The molecule has 1 saturated carbocycles. The van der Waals surface area contributed by atoms with Crippen molar-refractivity contribution in [3.63, 3.8) is 0 Å². The second-order valence-electron chi connectivity index (χ2n) is 9.03. The molecule has 1 amide bonds. The molecule has 2 fully saturated rings. The highest BCUT2D eigenvalue weighted by Crippen LogP contribution is 2.36. The van der Waals surface area contributed by atoms with Crippen LogP contribution in [0.15, 0.2) is 42.6 Å². The number of rotatable bonds is 7. The van der Waals surface area contributed by atoms with Crippen molar-refractivity contribution in [1.29, 1.82) is 0 Å². The maximum atomic E-state index is 12.9. The van der Waals surface area contributed by atoms with Gasteiger partial charge in [-0.2, -0.15) is 5.10 Å². The van der Waals surface area contributed by atoms with E-state index in [1.54, 1.807) is 13.1 Å². The summed E-state index contributed by atoms with van der Waals surface area (Å²) in [5.41, 5.74) is 2.50. The molecule has 2 atom stereocenters. The normalized spacial score (nSPS) is 25.2. The van der Waals surface area contributed by atoms with Crippen molar-refractivity contribution in [2.45, 2.75) is 75.9 Å². The molecule has 6 nitrogen and oxygen atoms in total. The molecule has 2 aliphatic rings. The molecule has 2 heterocycles. The van der Waals surface area contributed by atoms with Crippen molar-refractivity contribution in [3.8, 4) is 11.8 Å². The van der Waals surface area contributed by atoms with Gasteiger partial charge in [0.15, 0.2) is 0 Å². The van der Waals surface area contributed by atoms with Gasteiger partial charge >= 0.3 is 6.09 Å². The summed E-state index contributed by atoms with van der Waals surface area (Å²) < 4.78 is 12.0. The summed E-state index contributed by atoms with van der Waals surface area (Å²) in [5.74, 6) is 6.58. The number of hydrogen-bond acceptors (Lipinski definition) is 4. The Morgan fingerprint density at radius 1 is 1.15 bits per heavy atom. The van der Waals surface area contributed by atoms with E-state index in [0.717, 1.165) is 44.2 Å². The Labute approximate surface area is 197 Å². The molecule has 2 aromatic rings. The van der Waals surface area contributed by atoms with E-state index in [1.807, 2.05) is 11.0 Å². The summed E-state index contributed by atoms with van der Waals surface area (Å²) in [6, 6.07) is 12.7. The second kappa shape index (κ2) is 11.9. The average Bonchev–Trinajstić information content (AvgIpc) is 3.41. The molecule has 1 saturated heterocycles. The summed E-state index contributed by atoms with van der Waals surface area (Å²) in [4.78, 5) is 14.8. The van der Waals surface area contributed by atoms with Crippen molar-refractivity contribution >= 4 is 6.09 Å². The molecule has 0 bridgehead atoms. The third-order valence-electron chi connectivity index (χ3n) is 7.01. The number of nitrogens with zero attached hydrogens (tertiary/aromatic N) is 2. The molecule has 1 aromatic heterocycles. The van der Waals surface area contributed by atoms with Crippen LogP contribution >= 0.6 is 0 Å². The minimum atomic E-state index is -0.265. The zero-order chi connectivity index (χ0) is 22.9. The first-order valence-electron chi connectivity index (χ1n) is 12.2. The zero-order valence-corrected chi connectivity index (χ0v) is 19.5. The smallest absolute Gasteiger partial charge is 0.410 e. The number of likely N-dealkylation sites (tertiary alicyclic amines) is 1. The maximum Gasteiger partial charge on any atom is 0.410 e. The molecule has 33 heavy (non-hydrogen) atoms. The minimum Gasteiger partial charge on any atom is -0.448 e. The molecule has 4 rings (SSSR count). The van der Waals surface area contributed by atoms with Crippen LogP contribution in [0.25, 0.3) is 0 Å². The van der Waals surface area contributed by atoms with E-state index in [4.69, 9.17) is 9.47 Å².